The third kappa shape index (κ3) is 5.87. The number of nitrogens with one attached hydrogen (secondary N) is 1. The van der Waals surface area contributed by atoms with Gasteiger partial charge in [-0.1, -0.05) is 19.1 Å². The molecule has 2 rings (SSSR count). The van der Waals surface area contributed by atoms with Crippen LogP contribution in [0.25, 0.3) is 0 Å². The van der Waals surface area contributed by atoms with Crippen molar-refractivity contribution >= 4 is 15.7 Å². The maximum absolute atomic E-state index is 12.8. The van der Waals surface area contributed by atoms with Crippen LogP contribution < -0.4 is 5.32 Å². The summed E-state index contributed by atoms with van der Waals surface area (Å²) in [5.41, 5.74) is 0.975. The summed E-state index contributed by atoms with van der Waals surface area (Å²) < 4.78 is 35.9. The lowest BCUT2D eigenvalue weighted by Crippen LogP contribution is -2.39. The molecule has 0 spiro atoms. The van der Waals surface area contributed by atoms with Crippen molar-refractivity contribution in [3.8, 4) is 0 Å². The molecule has 0 radical (unpaired) electrons. The van der Waals surface area contributed by atoms with E-state index in [4.69, 9.17) is 0 Å². The molecule has 7 heteroatoms. The lowest BCUT2D eigenvalue weighted by Gasteiger charge is -2.26. The van der Waals surface area contributed by atoms with Crippen molar-refractivity contribution in [1.82, 2.24) is 10.2 Å². The monoisotopic (exact) mass is 356 g/mol. The van der Waals surface area contributed by atoms with E-state index < -0.39 is 9.84 Å². The first-order valence-corrected chi connectivity index (χ1v) is 10.2. The first kappa shape index (κ1) is 18.9. The van der Waals surface area contributed by atoms with Crippen LogP contribution in [0.5, 0.6) is 0 Å². The molecule has 1 fully saturated rings. The molecule has 1 unspecified atom stereocenters. The highest BCUT2D eigenvalue weighted by molar-refractivity contribution is 7.91. The standard InChI is InChI=1S/C17H25FN2O3S/c1-2-20(16-9-12-24(22,23)13-16)11-8-17(21)19-10-7-14-3-5-15(18)6-4-14/h3-6,16H,2,7-13H2,1H3,(H,19,21). The minimum atomic E-state index is -2.91. The fourth-order valence-electron chi connectivity index (χ4n) is 2.99. The number of rotatable bonds is 8. The van der Waals surface area contributed by atoms with Crippen molar-refractivity contribution < 1.29 is 17.6 Å². The van der Waals surface area contributed by atoms with Gasteiger partial charge in [0.05, 0.1) is 11.5 Å². The number of hydrogen-bond acceptors (Lipinski definition) is 4. The molecule has 0 aliphatic carbocycles. The quantitative estimate of drug-likeness (QED) is 0.764. The van der Waals surface area contributed by atoms with Crippen molar-refractivity contribution in [2.24, 2.45) is 0 Å². The zero-order valence-electron chi connectivity index (χ0n) is 14.0. The van der Waals surface area contributed by atoms with Crippen LogP contribution in [0.3, 0.4) is 0 Å². The number of hydrogen-bond donors (Lipinski definition) is 1. The van der Waals surface area contributed by atoms with E-state index in [0.29, 0.717) is 32.4 Å². The molecule has 1 aliphatic rings. The highest BCUT2D eigenvalue weighted by Gasteiger charge is 2.31. The second kappa shape index (κ2) is 8.58. The highest BCUT2D eigenvalue weighted by Crippen LogP contribution is 2.17. The topological polar surface area (TPSA) is 66.5 Å². The molecule has 1 aromatic carbocycles. The number of amides is 1. The highest BCUT2D eigenvalue weighted by atomic mass is 32.2. The third-order valence-electron chi connectivity index (χ3n) is 4.41. The second-order valence-electron chi connectivity index (χ2n) is 6.16. The Morgan fingerprint density at radius 2 is 2.04 bits per heavy atom. The Labute approximate surface area is 143 Å². The van der Waals surface area contributed by atoms with E-state index in [-0.39, 0.29) is 29.3 Å². The minimum absolute atomic E-state index is 0.0343. The lowest BCUT2D eigenvalue weighted by molar-refractivity contribution is -0.121. The van der Waals surface area contributed by atoms with Crippen molar-refractivity contribution in [3.63, 3.8) is 0 Å². The summed E-state index contributed by atoms with van der Waals surface area (Å²) in [6.07, 6.45) is 1.67. The van der Waals surface area contributed by atoms with Crippen LogP contribution in [0.4, 0.5) is 4.39 Å². The smallest absolute Gasteiger partial charge is 0.221 e. The van der Waals surface area contributed by atoms with Gasteiger partial charge in [0.2, 0.25) is 5.91 Å². The van der Waals surface area contributed by atoms with Crippen molar-refractivity contribution in [1.29, 1.82) is 0 Å². The fourth-order valence-corrected chi connectivity index (χ4v) is 4.75. The number of benzene rings is 1. The first-order chi connectivity index (χ1) is 11.4. The molecule has 1 heterocycles. The molecule has 134 valence electrons. The summed E-state index contributed by atoms with van der Waals surface area (Å²) in [7, 11) is -2.91. The predicted octanol–water partition coefficient (Wildman–Crippen LogP) is 1.38. The molecule has 0 saturated carbocycles. The van der Waals surface area contributed by atoms with Gasteiger partial charge in [0.1, 0.15) is 5.82 Å². The van der Waals surface area contributed by atoms with Gasteiger partial charge in [-0.2, -0.15) is 0 Å². The molecule has 0 aromatic heterocycles. The average molecular weight is 356 g/mol. The van der Waals surface area contributed by atoms with Crippen molar-refractivity contribution in [3.05, 3.63) is 35.6 Å². The zero-order valence-corrected chi connectivity index (χ0v) is 14.8. The van der Waals surface area contributed by atoms with E-state index in [1.54, 1.807) is 12.1 Å². The van der Waals surface area contributed by atoms with Crippen LogP contribution in [0.15, 0.2) is 24.3 Å². The number of carbonyl (C=O) groups is 1. The first-order valence-electron chi connectivity index (χ1n) is 8.35. The van der Waals surface area contributed by atoms with Gasteiger partial charge >= 0.3 is 0 Å². The summed E-state index contributed by atoms with van der Waals surface area (Å²) in [5, 5.41) is 2.85. The average Bonchev–Trinajstić information content (AvgIpc) is 2.90. The maximum Gasteiger partial charge on any atom is 0.221 e. The summed E-state index contributed by atoms with van der Waals surface area (Å²) in [5.74, 6) is 0.137. The normalized spacial score (nSPS) is 19.5. The Hall–Kier alpha value is -1.47. The van der Waals surface area contributed by atoms with Crippen LogP contribution >= 0.6 is 0 Å². The van der Waals surface area contributed by atoms with Gasteiger partial charge in [-0.15, -0.1) is 0 Å². The summed E-state index contributed by atoms with van der Waals surface area (Å²) >= 11 is 0. The molecular weight excluding hydrogens is 331 g/mol. The molecule has 1 amide bonds. The second-order valence-corrected chi connectivity index (χ2v) is 8.39. The SMILES string of the molecule is CCN(CCC(=O)NCCc1ccc(F)cc1)C1CCS(=O)(=O)C1. The van der Waals surface area contributed by atoms with Crippen LogP contribution in [0.2, 0.25) is 0 Å². The van der Waals surface area contributed by atoms with E-state index in [2.05, 4.69) is 10.2 Å². The molecule has 1 aromatic rings. The summed E-state index contributed by atoms with van der Waals surface area (Å²) in [6, 6.07) is 6.27. The van der Waals surface area contributed by atoms with Crippen LogP contribution in [0.1, 0.15) is 25.3 Å². The molecule has 0 bridgehead atoms. The van der Waals surface area contributed by atoms with E-state index in [9.17, 15) is 17.6 Å². The summed E-state index contributed by atoms with van der Waals surface area (Å²) in [4.78, 5) is 14.0. The van der Waals surface area contributed by atoms with Gasteiger partial charge in [-0.05, 0) is 37.1 Å². The van der Waals surface area contributed by atoms with E-state index >= 15 is 0 Å². The van der Waals surface area contributed by atoms with Gasteiger partial charge < -0.3 is 5.32 Å². The summed E-state index contributed by atoms with van der Waals surface area (Å²) in [6.45, 7) is 3.80. The largest absolute Gasteiger partial charge is 0.356 e. The van der Waals surface area contributed by atoms with E-state index in [0.717, 1.165) is 12.1 Å². The van der Waals surface area contributed by atoms with E-state index in [1.807, 2.05) is 6.92 Å². The van der Waals surface area contributed by atoms with Gasteiger partial charge in [0.15, 0.2) is 9.84 Å². The Balaban J connectivity index is 1.69. The molecule has 1 N–H and O–H groups in total. The third-order valence-corrected chi connectivity index (χ3v) is 6.16. The van der Waals surface area contributed by atoms with Crippen LogP contribution in [0, 0.1) is 5.82 Å². The molecule has 5 nitrogen and oxygen atoms in total. The van der Waals surface area contributed by atoms with Gasteiger partial charge in [-0.3, -0.25) is 9.69 Å². The number of nitrogens with zero attached hydrogens (tertiary/aromatic N) is 1. The number of halogens is 1. The molecule has 24 heavy (non-hydrogen) atoms. The Morgan fingerprint density at radius 3 is 2.62 bits per heavy atom. The molecular formula is C17H25FN2O3S. The predicted molar refractivity (Wildman–Crippen MR) is 92.0 cm³/mol. The Bertz CT molecular complexity index is 646. The van der Waals surface area contributed by atoms with E-state index in [1.165, 1.54) is 12.1 Å². The van der Waals surface area contributed by atoms with Gasteiger partial charge in [-0.25, -0.2) is 12.8 Å². The fraction of sp³-hybridized carbons (Fsp3) is 0.588. The van der Waals surface area contributed by atoms with Gasteiger partial charge in [0, 0.05) is 25.6 Å². The van der Waals surface area contributed by atoms with Crippen molar-refractivity contribution in [2.75, 3.05) is 31.1 Å². The van der Waals surface area contributed by atoms with Crippen molar-refractivity contribution in [2.45, 2.75) is 32.2 Å². The molecule has 1 aliphatic heterocycles. The minimum Gasteiger partial charge on any atom is -0.356 e. The number of carbonyl (C=O) groups excluding carboxylic acids is 1. The molecule has 1 atom stereocenters. The zero-order chi connectivity index (χ0) is 17.6. The Kier molecular flexibility index (Phi) is 6.74. The number of sulfone groups is 1. The lowest BCUT2D eigenvalue weighted by atomic mass is 10.1. The van der Waals surface area contributed by atoms with Crippen LogP contribution in [-0.2, 0) is 21.1 Å². The van der Waals surface area contributed by atoms with Gasteiger partial charge in [0.25, 0.3) is 0 Å². The Morgan fingerprint density at radius 1 is 1.33 bits per heavy atom. The maximum atomic E-state index is 12.8. The van der Waals surface area contributed by atoms with Crippen LogP contribution in [-0.4, -0.2) is 56.4 Å². The molecule has 1 saturated heterocycles.